The van der Waals surface area contributed by atoms with Crippen LogP contribution in [0.3, 0.4) is 0 Å². The zero-order valence-corrected chi connectivity index (χ0v) is 21.5. The molecule has 0 amide bonds. The van der Waals surface area contributed by atoms with Gasteiger partial charge in [-0.05, 0) is 44.0 Å². The van der Waals surface area contributed by atoms with Gasteiger partial charge >= 0.3 is 0 Å². The van der Waals surface area contributed by atoms with Gasteiger partial charge in [0, 0.05) is 60.0 Å². The Morgan fingerprint density at radius 3 is 2.26 bits per heavy atom. The van der Waals surface area contributed by atoms with Crippen molar-refractivity contribution in [2.45, 2.75) is 12.8 Å². The van der Waals surface area contributed by atoms with Crippen molar-refractivity contribution < 1.29 is 9.47 Å². The summed E-state index contributed by atoms with van der Waals surface area (Å²) < 4.78 is 11.0. The number of piperidine rings is 1. The minimum atomic E-state index is 0. The molecule has 31 heavy (non-hydrogen) atoms. The van der Waals surface area contributed by atoms with Gasteiger partial charge in [0.25, 0.3) is 0 Å². The first kappa shape index (κ1) is 26.2. The third kappa shape index (κ3) is 9.11. The first-order valence-corrected chi connectivity index (χ1v) is 11.4. The summed E-state index contributed by atoms with van der Waals surface area (Å²) in [7, 11) is 3.68. The van der Waals surface area contributed by atoms with Crippen molar-refractivity contribution >= 4 is 29.9 Å². The second-order valence-electron chi connectivity index (χ2n) is 8.20. The van der Waals surface area contributed by atoms with Gasteiger partial charge in [0.15, 0.2) is 5.96 Å². The molecule has 176 valence electrons. The molecule has 2 heterocycles. The van der Waals surface area contributed by atoms with E-state index >= 15 is 0 Å². The molecule has 0 radical (unpaired) electrons. The smallest absolute Gasteiger partial charge is 0.193 e. The molecule has 0 aliphatic carbocycles. The van der Waals surface area contributed by atoms with Crippen LogP contribution in [0.2, 0.25) is 0 Å². The summed E-state index contributed by atoms with van der Waals surface area (Å²) >= 11 is 0. The van der Waals surface area contributed by atoms with Gasteiger partial charge in [-0.3, -0.25) is 9.89 Å². The molecule has 0 unspecified atom stereocenters. The van der Waals surface area contributed by atoms with Crippen molar-refractivity contribution in [1.82, 2.24) is 20.0 Å². The number of guanidine groups is 1. The number of nitrogens with zero attached hydrogens (tertiary/aromatic N) is 4. The highest BCUT2D eigenvalue weighted by Gasteiger charge is 2.22. The van der Waals surface area contributed by atoms with Crippen LogP contribution in [0.25, 0.3) is 0 Å². The van der Waals surface area contributed by atoms with E-state index in [1.165, 1.54) is 25.9 Å². The Labute approximate surface area is 205 Å². The number of benzene rings is 1. The number of ether oxygens (including phenoxy) is 2. The Morgan fingerprint density at radius 2 is 1.61 bits per heavy atom. The maximum atomic E-state index is 5.84. The predicted octanol–water partition coefficient (Wildman–Crippen LogP) is 2.23. The Bertz CT molecular complexity index is 618. The van der Waals surface area contributed by atoms with Crippen molar-refractivity contribution in [2.75, 3.05) is 86.3 Å². The average Bonchev–Trinajstić information content (AvgIpc) is 2.80. The largest absolute Gasteiger partial charge is 0.492 e. The fourth-order valence-corrected chi connectivity index (χ4v) is 4.20. The monoisotopic (exact) mass is 545 g/mol. The average molecular weight is 546 g/mol. The van der Waals surface area contributed by atoms with E-state index in [2.05, 4.69) is 25.0 Å². The molecule has 7 nitrogen and oxygen atoms in total. The molecule has 0 saturated carbocycles. The van der Waals surface area contributed by atoms with Crippen molar-refractivity contribution in [3.8, 4) is 5.75 Å². The van der Waals surface area contributed by atoms with E-state index in [9.17, 15) is 0 Å². The number of nitrogens with one attached hydrogen (secondary N) is 1. The number of piperazine rings is 1. The first-order chi connectivity index (χ1) is 14.8. The molecule has 2 saturated heterocycles. The lowest BCUT2D eigenvalue weighted by Gasteiger charge is -2.37. The fraction of sp³-hybridized carbons (Fsp3) is 0.696. The maximum Gasteiger partial charge on any atom is 0.193 e. The molecule has 1 N–H and O–H groups in total. The molecule has 0 atom stereocenters. The number of rotatable bonds is 9. The van der Waals surface area contributed by atoms with Crippen LogP contribution >= 0.6 is 24.0 Å². The first-order valence-electron chi connectivity index (χ1n) is 11.4. The number of para-hydroxylation sites is 1. The number of hydrogen-bond donors (Lipinski definition) is 1. The molecule has 0 spiro atoms. The number of hydrogen-bond acceptors (Lipinski definition) is 5. The fourth-order valence-electron chi connectivity index (χ4n) is 4.20. The Balaban J connectivity index is 0.00000341. The van der Waals surface area contributed by atoms with Gasteiger partial charge in [-0.2, -0.15) is 0 Å². The van der Waals surface area contributed by atoms with Crippen LogP contribution in [0.5, 0.6) is 5.75 Å². The second kappa shape index (κ2) is 14.9. The zero-order valence-electron chi connectivity index (χ0n) is 19.2. The Morgan fingerprint density at radius 1 is 0.968 bits per heavy atom. The summed E-state index contributed by atoms with van der Waals surface area (Å²) in [6.45, 7) is 11.1. The van der Waals surface area contributed by atoms with E-state index < -0.39 is 0 Å². The topological polar surface area (TPSA) is 52.6 Å². The predicted molar refractivity (Wildman–Crippen MR) is 138 cm³/mol. The molecular weight excluding hydrogens is 505 g/mol. The van der Waals surface area contributed by atoms with Gasteiger partial charge < -0.3 is 24.6 Å². The summed E-state index contributed by atoms with van der Waals surface area (Å²) in [5.74, 6) is 2.74. The molecule has 3 rings (SSSR count). The Hall–Kier alpha value is -1.10. The molecule has 0 bridgehead atoms. The van der Waals surface area contributed by atoms with E-state index in [0.29, 0.717) is 0 Å². The summed E-state index contributed by atoms with van der Waals surface area (Å²) in [4.78, 5) is 11.9. The van der Waals surface area contributed by atoms with Crippen LogP contribution in [-0.2, 0) is 4.74 Å². The van der Waals surface area contributed by atoms with Crippen LogP contribution in [0.1, 0.15) is 12.8 Å². The highest BCUT2D eigenvalue weighted by Crippen LogP contribution is 2.16. The number of methoxy groups -OCH3 is 1. The lowest BCUT2D eigenvalue weighted by molar-refractivity contribution is 0.120. The maximum absolute atomic E-state index is 5.84. The zero-order chi connectivity index (χ0) is 21.0. The van der Waals surface area contributed by atoms with Gasteiger partial charge in [0.2, 0.25) is 0 Å². The number of likely N-dealkylation sites (tertiary alicyclic amines) is 1. The summed E-state index contributed by atoms with van der Waals surface area (Å²) in [6.07, 6.45) is 2.51. The van der Waals surface area contributed by atoms with Crippen LogP contribution in [0, 0.1) is 5.92 Å². The molecule has 1 aromatic carbocycles. The lowest BCUT2D eigenvalue weighted by atomic mass is 9.97. The number of aliphatic imine (C=N–C) groups is 1. The molecule has 2 aliphatic heterocycles. The van der Waals surface area contributed by atoms with E-state index in [1.54, 1.807) is 7.11 Å². The molecule has 8 heteroatoms. The lowest BCUT2D eigenvalue weighted by Crippen LogP contribution is -2.53. The van der Waals surface area contributed by atoms with Crippen LogP contribution < -0.4 is 10.1 Å². The molecule has 1 aromatic rings. The molecular formula is C23H40IN5O2. The minimum Gasteiger partial charge on any atom is -0.492 e. The number of halogens is 1. The van der Waals surface area contributed by atoms with Crippen molar-refractivity contribution in [2.24, 2.45) is 10.9 Å². The van der Waals surface area contributed by atoms with E-state index in [1.807, 2.05) is 37.4 Å². The third-order valence-electron chi connectivity index (χ3n) is 6.17. The van der Waals surface area contributed by atoms with E-state index in [4.69, 9.17) is 9.47 Å². The Kier molecular flexibility index (Phi) is 12.5. The minimum absolute atomic E-state index is 0. The standard InChI is InChI=1S/C23H39N5O2.HI/c1-24-23(25-20-21-8-10-26(11-9-21)16-18-29-2)28-14-12-27(13-15-28)17-19-30-22-6-4-3-5-7-22;/h3-7,21H,8-20H2,1-2H3,(H,24,25);1H. The van der Waals surface area contributed by atoms with Gasteiger partial charge in [-0.25, -0.2) is 0 Å². The van der Waals surface area contributed by atoms with E-state index in [-0.39, 0.29) is 24.0 Å². The summed E-state index contributed by atoms with van der Waals surface area (Å²) in [5.41, 5.74) is 0. The van der Waals surface area contributed by atoms with Crippen LogP contribution in [0.15, 0.2) is 35.3 Å². The highest BCUT2D eigenvalue weighted by molar-refractivity contribution is 14.0. The molecule has 2 aliphatic rings. The van der Waals surface area contributed by atoms with Crippen LogP contribution in [0.4, 0.5) is 0 Å². The van der Waals surface area contributed by atoms with Gasteiger partial charge in [-0.1, -0.05) is 18.2 Å². The summed E-state index contributed by atoms with van der Waals surface area (Å²) in [5, 5.41) is 3.64. The van der Waals surface area contributed by atoms with E-state index in [0.717, 1.165) is 76.7 Å². The van der Waals surface area contributed by atoms with Gasteiger partial charge in [0.05, 0.1) is 6.61 Å². The van der Waals surface area contributed by atoms with Gasteiger partial charge in [0.1, 0.15) is 12.4 Å². The van der Waals surface area contributed by atoms with Crippen molar-refractivity contribution in [1.29, 1.82) is 0 Å². The van der Waals surface area contributed by atoms with Crippen molar-refractivity contribution in [3.63, 3.8) is 0 Å². The SMILES string of the molecule is CN=C(NCC1CCN(CCOC)CC1)N1CCN(CCOc2ccccc2)CC1.I. The molecule has 0 aromatic heterocycles. The quantitative estimate of drug-likeness (QED) is 0.292. The normalized spacial score (nSPS) is 19.2. The van der Waals surface area contributed by atoms with Gasteiger partial charge in [-0.15, -0.1) is 24.0 Å². The highest BCUT2D eigenvalue weighted by atomic mass is 127. The second-order valence-corrected chi connectivity index (χ2v) is 8.20. The summed E-state index contributed by atoms with van der Waals surface area (Å²) in [6, 6.07) is 10.1. The van der Waals surface area contributed by atoms with Crippen LogP contribution in [-0.4, -0.2) is 107 Å². The third-order valence-corrected chi connectivity index (χ3v) is 6.17. The molecule has 2 fully saturated rings. The van der Waals surface area contributed by atoms with Crippen molar-refractivity contribution in [3.05, 3.63) is 30.3 Å².